The Kier molecular flexibility index (Phi) is 6.75. The molecule has 1 aliphatic rings. The molecule has 5 heteroatoms. The van der Waals surface area contributed by atoms with Crippen molar-refractivity contribution in [2.24, 2.45) is 10.7 Å². The summed E-state index contributed by atoms with van der Waals surface area (Å²) >= 11 is 0. The van der Waals surface area contributed by atoms with Crippen molar-refractivity contribution < 1.29 is 0 Å². The predicted molar refractivity (Wildman–Crippen MR) is 77.9 cm³/mol. The average Bonchev–Trinajstić information content (AvgIpc) is 2.52. The third-order valence-corrected chi connectivity index (χ3v) is 3.07. The highest BCUT2D eigenvalue weighted by atomic mass is 15.2. The largest absolute Gasteiger partial charge is 0.370 e. The Morgan fingerprint density at radius 2 is 2.11 bits per heavy atom. The van der Waals surface area contributed by atoms with Crippen LogP contribution in [0, 0.1) is 0 Å². The fourth-order valence-corrected chi connectivity index (χ4v) is 1.94. The van der Waals surface area contributed by atoms with E-state index in [0.717, 1.165) is 31.8 Å². The van der Waals surface area contributed by atoms with E-state index in [1.54, 1.807) is 0 Å². The van der Waals surface area contributed by atoms with E-state index in [0.29, 0.717) is 12.5 Å². The van der Waals surface area contributed by atoms with E-state index < -0.39 is 0 Å². The van der Waals surface area contributed by atoms with Crippen molar-refractivity contribution in [2.75, 3.05) is 52.9 Å². The number of hydrogen-bond acceptors (Lipinski definition) is 3. The van der Waals surface area contributed by atoms with Gasteiger partial charge < -0.3 is 20.9 Å². The highest BCUT2D eigenvalue weighted by molar-refractivity contribution is 5.77. The monoisotopic (exact) mass is 253 g/mol. The van der Waals surface area contributed by atoms with Crippen LogP contribution in [0.3, 0.4) is 0 Å². The predicted octanol–water partition coefficient (Wildman–Crippen LogP) is 0.104. The van der Waals surface area contributed by atoms with Crippen molar-refractivity contribution in [3.05, 3.63) is 12.2 Å². The SMILES string of the molecule is C=C(C)CN=C(N)NCCN1CCCN(C)CC1. The van der Waals surface area contributed by atoms with E-state index in [1.165, 1.54) is 19.5 Å². The quantitative estimate of drug-likeness (QED) is 0.415. The van der Waals surface area contributed by atoms with E-state index in [4.69, 9.17) is 5.73 Å². The van der Waals surface area contributed by atoms with E-state index in [-0.39, 0.29) is 0 Å². The van der Waals surface area contributed by atoms with Crippen molar-refractivity contribution in [3.8, 4) is 0 Å². The topological polar surface area (TPSA) is 56.9 Å². The number of aliphatic imine (C=N–C) groups is 1. The molecule has 1 fully saturated rings. The first-order valence-corrected chi connectivity index (χ1v) is 6.67. The van der Waals surface area contributed by atoms with Crippen LogP contribution in [0.1, 0.15) is 13.3 Å². The number of likely N-dealkylation sites (N-methyl/N-ethyl adjacent to an activating group) is 1. The number of nitrogens with two attached hydrogens (primary N) is 1. The second kappa shape index (κ2) is 8.11. The molecule has 1 saturated heterocycles. The molecule has 5 nitrogen and oxygen atoms in total. The van der Waals surface area contributed by atoms with Gasteiger partial charge in [-0.1, -0.05) is 12.2 Å². The maximum absolute atomic E-state index is 5.76. The molecular weight excluding hydrogens is 226 g/mol. The first kappa shape index (κ1) is 15.0. The first-order chi connectivity index (χ1) is 8.58. The second-order valence-electron chi connectivity index (χ2n) is 5.08. The molecule has 0 amide bonds. The molecule has 0 aromatic heterocycles. The minimum absolute atomic E-state index is 0.518. The van der Waals surface area contributed by atoms with Gasteiger partial charge in [0.1, 0.15) is 0 Å². The van der Waals surface area contributed by atoms with Crippen LogP contribution in [-0.2, 0) is 0 Å². The van der Waals surface area contributed by atoms with E-state index in [9.17, 15) is 0 Å². The molecule has 18 heavy (non-hydrogen) atoms. The zero-order valence-electron chi connectivity index (χ0n) is 11.8. The molecule has 0 spiro atoms. The molecule has 104 valence electrons. The number of guanidine groups is 1. The number of nitrogens with zero attached hydrogens (tertiary/aromatic N) is 3. The van der Waals surface area contributed by atoms with Gasteiger partial charge >= 0.3 is 0 Å². The highest BCUT2D eigenvalue weighted by Gasteiger charge is 2.11. The summed E-state index contributed by atoms with van der Waals surface area (Å²) in [6.07, 6.45) is 1.25. The van der Waals surface area contributed by atoms with Gasteiger partial charge in [-0.2, -0.15) is 0 Å². The Morgan fingerprint density at radius 3 is 2.83 bits per heavy atom. The lowest BCUT2D eigenvalue weighted by Gasteiger charge is -2.20. The Balaban J connectivity index is 2.16. The summed E-state index contributed by atoms with van der Waals surface area (Å²) in [5.41, 5.74) is 6.78. The normalized spacial score (nSPS) is 19.6. The summed E-state index contributed by atoms with van der Waals surface area (Å²) in [5.74, 6) is 0.518. The summed E-state index contributed by atoms with van der Waals surface area (Å²) in [6.45, 7) is 12.9. The lowest BCUT2D eigenvalue weighted by Crippen LogP contribution is -2.39. The lowest BCUT2D eigenvalue weighted by atomic mass is 10.4. The number of nitrogens with one attached hydrogen (secondary N) is 1. The molecule has 0 saturated carbocycles. The van der Waals surface area contributed by atoms with Gasteiger partial charge in [0, 0.05) is 26.2 Å². The minimum Gasteiger partial charge on any atom is -0.370 e. The average molecular weight is 253 g/mol. The molecule has 0 atom stereocenters. The smallest absolute Gasteiger partial charge is 0.188 e. The van der Waals surface area contributed by atoms with Crippen LogP contribution < -0.4 is 11.1 Å². The van der Waals surface area contributed by atoms with Gasteiger partial charge in [0.05, 0.1) is 6.54 Å². The van der Waals surface area contributed by atoms with Crippen LogP contribution in [0.5, 0.6) is 0 Å². The molecule has 0 aromatic carbocycles. The molecular formula is C13H27N5. The lowest BCUT2D eigenvalue weighted by molar-refractivity contribution is 0.280. The van der Waals surface area contributed by atoms with Crippen molar-refractivity contribution in [1.29, 1.82) is 0 Å². The highest BCUT2D eigenvalue weighted by Crippen LogP contribution is 1.99. The fraction of sp³-hybridized carbons (Fsp3) is 0.769. The van der Waals surface area contributed by atoms with Crippen LogP contribution in [-0.4, -0.2) is 68.6 Å². The van der Waals surface area contributed by atoms with Crippen LogP contribution >= 0.6 is 0 Å². The number of rotatable bonds is 5. The molecule has 0 aliphatic carbocycles. The van der Waals surface area contributed by atoms with Gasteiger partial charge in [0.2, 0.25) is 0 Å². The molecule has 0 radical (unpaired) electrons. The van der Waals surface area contributed by atoms with Gasteiger partial charge in [0.25, 0.3) is 0 Å². The fourth-order valence-electron chi connectivity index (χ4n) is 1.94. The van der Waals surface area contributed by atoms with E-state index in [2.05, 4.69) is 33.7 Å². The van der Waals surface area contributed by atoms with Gasteiger partial charge in [-0.15, -0.1) is 0 Å². The van der Waals surface area contributed by atoms with Gasteiger partial charge in [-0.05, 0) is 33.5 Å². The maximum Gasteiger partial charge on any atom is 0.188 e. The van der Waals surface area contributed by atoms with E-state index in [1.807, 2.05) is 6.92 Å². The third kappa shape index (κ3) is 6.61. The molecule has 0 unspecified atom stereocenters. The van der Waals surface area contributed by atoms with Crippen LogP contribution in [0.15, 0.2) is 17.1 Å². The van der Waals surface area contributed by atoms with Gasteiger partial charge in [-0.3, -0.25) is 0 Å². The zero-order chi connectivity index (χ0) is 13.4. The Hall–Kier alpha value is -1.07. The van der Waals surface area contributed by atoms with Crippen LogP contribution in [0.25, 0.3) is 0 Å². The summed E-state index contributed by atoms with van der Waals surface area (Å²) in [7, 11) is 2.18. The molecule has 3 N–H and O–H groups in total. The summed E-state index contributed by atoms with van der Waals surface area (Å²) in [6, 6.07) is 0. The Bertz CT molecular complexity index is 287. The number of hydrogen-bond donors (Lipinski definition) is 2. The molecule has 0 aromatic rings. The zero-order valence-corrected chi connectivity index (χ0v) is 11.8. The summed E-state index contributed by atoms with van der Waals surface area (Å²) < 4.78 is 0. The van der Waals surface area contributed by atoms with E-state index >= 15 is 0 Å². The standard InChI is InChI=1S/C13H27N5/c1-12(2)11-16-13(14)15-5-8-18-7-4-6-17(3)9-10-18/h1,4-11H2,2-3H3,(H3,14,15,16). The second-order valence-corrected chi connectivity index (χ2v) is 5.08. The molecule has 1 heterocycles. The van der Waals surface area contributed by atoms with Crippen molar-refractivity contribution in [3.63, 3.8) is 0 Å². The van der Waals surface area contributed by atoms with Crippen LogP contribution in [0.4, 0.5) is 0 Å². The Labute approximate surface area is 111 Å². The summed E-state index contributed by atoms with van der Waals surface area (Å²) in [5, 5.41) is 3.15. The maximum atomic E-state index is 5.76. The van der Waals surface area contributed by atoms with Crippen molar-refractivity contribution in [2.45, 2.75) is 13.3 Å². The molecule has 1 rings (SSSR count). The van der Waals surface area contributed by atoms with Gasteiger partial charge in [0.15, 0.2) is 5.96 Å². The third-order valence-electron chi connectivity index (χ3n) is 3.07. The van der Waals surface area contributed by atoms with Crippen molar-refractivity contribution >= 4 is 5.96 Å². The summed E-state index contributed by atoms with van der Waals surface area (Å²) in [4.78, 5) is 9.05. The van der Waals surface area contributed by atoms with Gasteiger partial charge in [-0.25, -0.2) is 4.99 Å². The van der Waals surface area contributed by atoms with Crippen LogP contribution in [0.2, 0.25) is 0 Å². The van der Waals surface area contributed by atoms with Crippen molar-refractivity contribution in [1.82, 2.24) is 15.1 Å². The Morgan fingerprint density at radius 1 is 1.33 bits per heavy atom. The molecule has 0 bridgehead atoms. The molecule has 1 aliphatic heterocycles. The minimum atomic E-state index is 0.518. The first-order valence-electron chi connectivity index (χ1n) is 6.67.